The summed E-state index contributed by atoms with van der Waals surface area (Å²) in [5, 5.41) is 1.12. The van der Waals surface area contributed by atoms with Gasteiger partial charge in [0.1, 0.15) is 17.9 Å². The Labute approximate surface area is 108 Å². The lowest BCUT2D eigenvalue weighted by Gasteiger charge is -2.18. The van der Waals surface area contributed by atoms with Crippen LogP contribution in [0.4, 0.5) is 0 Å². The average molecular weight is 244 g/mol. The molecule has 0 radical (unpaired) electrons. The van der Waals surface area contributed by atoms with Crippen LogP contribution in [0, 0.1) is 0 Å². The molecule has 2 rings (SSSR count). The maximum atomic E-state index is 5.85. The molecule has 0 aliphatic rings. The molecule has 0 atom stereocenters. The maximum absolute atomic E-state index is 5.85. The molecular weight excluding hydrogens is 224 g/mol. The number of aromatic nitrogens is 1. The van der Waals surface area contributed by atoms with Crippen LogP contribution in [0.25, 0.3) is 10.9 Å². The molecule has 18 heavy (non-hydrogen) atoms. The van der Waals surface area contributed by atoms with Crippen LogP contribution in [0.5, 0.6) is 5.75 Å². The molecule has 0 unspecified atom stereocenters. The van der Waals surface area contributed by atoms with Crippen molar-refractivity contribution in [1.29, 1.82) is 0 Å². The molecule has 0 amide bonds. The van der Waals surface area contributed by atoms with Crippen molar-refractivity contribution in [3.05, 3.63) is 36.5 Å². The van der Waals surface area contributed by atoms with Gasteiger partial charge in [-0.05, 0) is 25.2 Å². The normalized spacial score (nSPS) is 11.1. The summed E-state index contributed by atoms with van der Waals surface area (Å²) in [4.78, 5) is 6.73. The number of ether oxygens (including phenoxy) is 1. The van der Waals surface area contributed by atoms with Gasteiger partial charge < -0.3 is 9.64 Å². The van der Waals surface area contributed by atoms with Crippen molar-refractivity contribution in [3.63, 3.8) is 0 Å². The van der Waals surface area contributed by atoms with Crippen molar-refractivity contribution in [1.82, 2.24) is 9.88 Å². The van der Waals surface area contributed by atoms with Gasteiger partial charge in [-0.25, -0.2) is 0 Å². The highest BCUT2D eigenvalue weighted by Crippen LogP contribution is 2.22. The summed E-state index contributed by atoms with van der Waals surface area (Å²) in [6.45, 7) is 8.13. The molecule has 2 aromatic rings. The minimum Gasteiger partial charge on any atom is -0.490 e. The average Bonchev–Trinajstić information content (AvgIpc) is 2.44. The van der Waals surface area contributed by atoms with Crippen molar-refractivity contribution >= 4 is 10.9 Å². The van der Waals surface area contributed by atoms with Gasteiger partial charge in [-0.1, -0.05) is 32.0 Å². The summed E-state index contributed by atoms with van der Waals surface area (Å²) in [5.74, 6) is 0.875. The zero-order valence-electron chi connectivity index (χ0n) is 11.1. The Morgan fingerprint density at radius 3 is 2.67 bits per heavy atom. The number of hydrogen-bond donors (Lipinski definition) is 0. The largest absolute Gasteiger partial charge is 0.490 e. The molecule has 1 heterocycles. The van der Waals surface area contributed by atoms with Crippen LogP contribution in [0.3, 0.4) is 0 Å². The first-order chi connectivity index (χ1) is 8.85. The summed E-state index contributed by atoms with van der Waals surface area (Å²) >= 11 is 0. The van der Waals surface area contributed by atoms with Gasteiger partial charge in [0.05, 0.1) is 0 Å². The second kappa shape index (κ2) is 6.36. The molecule has 96 valence electrons. The number of likely N-dealkylation sites (N-methyl/N-ethyl adjacent to an activating group) is 1. The third-order valence-corrected chi connectivity index (χ3v) is 3.16. The molecule has 0 aliphatic carbocycles. The quantitative estimate of drug-likeness (QED) is 0.781. The Balaban J connectivity index is 2.03. The second-order valence-electron chi connectivity index (χ2n) is 4.21. The Morgan fingerprint density at radius 1 is 1.11 bits per heavy atom. The second-order valence-corrected chi connectivity index (χ2v) is 4.21. The lowest BCUT2D eigenvalue weighted by Crippen LogP contribution is -2.27. The summed E-state index contributed by atoms with van der Waals surface area (Å²) in [6, 6.07) is 10.1. The van der Waals surface area contributed by atoms with Crippen LogP contribution in [0.2, 0.25) is 0 Å². The number of pyridine rings is 1. The van der Waals surface area contributed by atoms with E-state index in [1.54, 1.807) is 6.20 Å². The summed E-state index contributed by atoms with van der Waals surface area (Å²) in [6.07, 6.45) is 1.81. The fourth-order valence-electron chi connectivity index (χ4n) is 2.02. The highest BCUT2D eigenvalue weighted by atomic mass is 16.5. The van der Waals surface area contributed by atoms with Gasteiger partial charge in [-0.2, -0.15) is 0 Å². The topological polar surface area (TPSA) is 25.4 Å². The van der Waals surface area contributed by atoms with Crippen molar-refractivity contribution in [2.75, 3.05) is 26.2 Å². The maximum Gasteiger partial charge on any atom is 0.145 e. The van der Waals surface area contributed by atoms with E-state index in [2.05, 4.69) is 35.9 Å². The third-order valence-electron chi connectivity index (χ3n) is 3.16. The van der Waals surface area contributed by atoms with Gasteiger partial charge in [0.25, 0.3) is 0 Å². The molecule has 1 aromatic heterocycles. The first-order valence-electron chi connectivity index (χ1n) is 6.54. The lowest BCUT2D eigenvalue weighted by molar-refractivity contribution is 0.224. The van der Waals surface area contributed by atoms with E-state index in [0.717, 1.165) is 36.3 Å². The molecule has 0 saturated heterocycles. The molecule has 3 heteroatoms. The minimum absolute atomic E-state index is 0.706. The summed E-state index contributed by atoms with van der Waals surface area (Å²) < 4.78 is 5.85. The fraction of sp³-hybridized carbons (Fsp3) is 0.400. The van der Waals surface area contributed by atoms with Gasteiger partial charge in [-0.3, -0.25) is 4.98 Å². The number of benzene rings is 1. The van der Waals surface area contributed by atoms with Crippen LogP contribution >= 0.6 is 0 Å². The van der Waals surface area contributed by atoms with Crippen molar-refractivity contribution in [2.45, 2.75) is 13.8 Å². The first kappa shape index (κ1) is 12.8. The standard InChI is InChI=1S/C15H20N2O/c1-3-17(4-2)11-12-18-14-9-5-7-13-8-6-10-16-15(13)14/h5-10H,3-4,11-12H2,1-2H3. The van der Waals surface area contributed by atoms with E-state index in [1.807, 2.05) is 18.2 Å². The summed E-state index contributed by atoms with van der Waals surface area (Å²) in [7, 11) is 0. The van der Waals surface area contributed by atoms with Crippen molar-refractivity contribution < 1.29 is 4.74 Å². The minimum atomic E-state index is 0.706. The Bertz CT molecular complexity index is 489. The molecule has 0 aliphatic heterocycles. The third kappa shape index (κ3) is 2.99. The van der Waals surface area contributed by atoms with E-state index >= 15 is 0 Å². The number of para-hydroxylation sites is 1. The monoisotopic (exact) mass is 244 g/mol. The number of hydrogen-bond acceptors (Lipinski definition) is 3. The first-order valence-corrected chi connectivity index (χ1v) is 6.54. The SMILES string of the molecule is CCN(CC)CCOc1cccc2cccnc12. The molecule has 0 N–H and O–H groups in total. The Hall–Kier alpha value is -1.61. The number of rotatable bonds is 6. The lowest BCUT2D eigenvalue weighted by atomic mass is 10.2. The van der Waals surface area contributed by atoms with E-state index in [9.17, 15) is 0 Å². The molecule has 0 bridgehead atoms. The molecule has 0 spiro atoms. The molecule has 1 aromatic carbocycles. The molecular formula is C15H20N2O. The van der Waals surface area contributed by atoms with Crippen LogP contribution in [-0.2, 0) is 0 Å². The van der Waals surface area contributed by atoms with E-state index in [4.69, 9.17) is 4.74 Å². The van der Waals surface area contributed by atoms with Gasteiger partial charge in [-0.15, -0.1) is 0 Å². The van der Waals surface area contributed by atoms with Gasteiger partial charge in [0.15, 0.2) is 0 Å². The Kier molecular flexibility index (Phi) is 4.53. The van der Waals surface area contributed by atoms with Crippen LogP contribution < -0.4 is 4.74 Å². The van der Waals surface area contributed by atoms with Crippen molar-refractivity contribution in [2.24, 2.45) is 0 Å². The van der Waals surface area contributed by atoms with Crippen LogP contribution in [-0.4, -0.2) is 36.1 Å². The highest BCUT2D eigenvalue weighted by Gasteiger charge is 2.03. The highest BCUT2D eigenvalue weighted by molar-refractivity contribution is 5.84. The van der Waals surface area contributed by atoms with Gasteiger partial charge >= 0.3 is 0 Å². The van der Waals surface area contributed by atoms with Crippen LogP contribution in [0.15, 0.2) is 36.5 Å². The smallest absolute Gasteiger partial charge is 0.145 e. The van der Waals surface area contributed by atoms with E-state index in [0.29, 0.717) is 6.61 Å². The number of nitrogens with zero attached hydrogens (tertiary/aromatic N) is 2. The molecule has 0 fully saturated rings. The predicted octanol–water partition coefficient (Wildman–Crippen LogP) is 2.96. The van der Waals surface area contributed by atoms with Crippen LogP contribution in [0.1, 0.15) is 13.8 Å². The predicted molar refractivity (Wildman–Crippen MR) is 75.0 cm³/mol. The van der Waals surface area contributed by atoms with Crippen molar-refractivity contribution in [3.8, 4) is 5.75 Å². The van der Waals surface area contributed by atoms with E-state index < -0.39 is 0 Å². The zero-order valence-corrected chi connectivity index (χ0v) is 11.1. The van der Waals surface area contributed by atoms with E-state index in [1.165, 1.54) is 0 Å². The Morgan fingerprint density at radius 2 is 1.89 bits per heavy atom. The van der Waals surface area contributed by atoms with Gasteiger partial charge in [0, 0.05) is 18.1 Å². The zero-order chi connectivity index (χ0) is 12.8. The molecule has 0 saturated carbocycles. The fourth-order valence-corrected chi connectivity index (χ4v) is 2.02. The van der Waals surface area contributed by atoms with E-state index in [-0.39, 0.29) is 0 Å². The molecule has 3 nitrogen and oxygen atoms in total. The van der Waals surface area contributed by atoms with Gasteiger partial charge in [0.2, 0.25) is 0 Å². The number of fused-ring (bicyclic) bond motifs is 1. The summed E-state index contributed by atoms with van der Waals surface area (Å²) in [5.41, 5.74) is 0.944.